The van der Waals surface area contributed by atoms with Crippen molar-refractivity contribution in [2.45, 2.75) is 37.4 Å². The van der Waals surface area contributed by atoms with Crippen molar-refractivity contribution in [2.75, 3.05) is 41.4 Å². The minimum absolute atomic E-state index is 0.0745. The Kier molecular flexibility index (Phi) is 12.6. The summed E-state index contributed by atoms with van der Waals surface area (Å²) in [6, 6.07) is 35.2. The Morgan fingerprint density at radius 1 is 0.741 bits per heavy atom. The predicted molar refractivity (Wildman–Crippen MR) is 200 cm³/mol. The van der Waals surface area contributed by atoms with Crippen LogP contribution in [0.3, 0.4) is 0 Å². The summed E-state index contributed by atoms with van der Waals surface area (Å²) < 4.78 is 62.5. The molecule has 0 amide bonds. The maximum atomic E-state index is 14.2. The number of benzene rings is 4. The van der Waals surface area contributed by atoms with Gasteiger partial charge in [-0.1, -0.05) is 84.9 Å². The fourth-order valence-corrected chi connectivity index (χ4v) is 7.09. The van der Waals surface area contributed by atoms with Gasteiger partial charge in [-0.2, -0.15) is 0 Å². The maximum absolute atomic E-state index is 14.2. The Labute approximate surface area is 313 Å². The van der Waals surface area contributed by atoms with Crippen LogP contribution in [-0.4, -0.2) is 62.7 Å². The van der Waals surface area contributed by atoms with Gasteiger partial charge in [0.1, 0.15) is 42.4 Å². The summed E-state index contributed by atoms with van der Waals surface area (Å²) in [4.78, 5) is 27.2. The van der Waals surface area contributed by atoms with Crippen LogP contribution in [0.15, 0.2) is 131 Å². The molecule has 54 heavy (non-hydrogen) atoms. The Morgan fingerprint density at radius 2 is 1.30 bits per heavy atom. The van der Waals surface area contributed by atoms with Crippen LogP contribution in [0, 0.1) is 0 Å². The Balaban J connectivity index is 1.48. The van der Waals surface area contributed by atoms with E-state index in [1.165, 1.54) is 31.0 Å². The van der Waals surface area contributed by atoms with Gasteiger partial charge in [-0.15, -0.1) is 0 Å². The molecule has 1 aliphatic heterocycles. The van der Waals surface area contributed by atoms with Gasteiger partial charge in [-0.25, -0.2) is 9.36 Å². The molecule has 1 aromatic heterocycles. The van der Waals surface area contributed by atoms with E-state index in [-0.39, 0.29) is 19.9 Å². The fraction of sp³-hybridized carbons (Fsp3) is 0.300. The highest BCUT2D eigenvalue weighted by atomic mass is 31.2. The van der Waals surface area contributed by atoms with Crippen LogP contribution in [0.4, 0.5) is 0 Å². The molecule has 0 bridgehead atoms. The molecule has 1 saturated heterocycles. The van der Waals surface area contributed by atoms with Crippen molar-refractivity contribution < 1.29 is 42.0 Å². The average molecular weight is 759 g/mol. The van der Waals surface area contributed by atoms with Crippen molar-refractivity contribution >= 4 is 7.60 Å². The largest absolute Gasteiger partial charge is 0.497 e. The van der Waals surface area contributed by atoms with E-state index in [1.54, 1.807) is 14.2 Å². The van der Waals surface area contributed by atoms with Crippen molar-refractivity contribution in [1.82, 2.24) is 9.13 Å². The highest BCUT2D eigenvalue weighted by Crippen LogP contribution is 2.49. The van der Waals surface area contributed by atoms with Crippen LogP contribution < -0.4 is 20.7 Å². The molecule has 0 spiro atoms. The number of ether oxygens (including phenoxy) is 6. The number of hydrogen-bond donors (Lipinski definition) is 0. The van der Waals surface area contributed by atoms with Crippen molar-refractivity contribution in [3.05, 3.63) is 165 Å². The topological polar surface area (TPSA) is 135 Å². The third-order valence-corrected chi connectivity index (χ3v) is 10.8. The zero-order valence-electron chi connectivity index (χ0n) is 30.4. The lowest BCUT2D eigenvalue weighted by Crippen LogP contribution is -2.47. The Hall–Kier alpha value is -4.85. The Morgan fingerprint density at radius 3 is 1.85 bits per heavy atom. The van der Waals surface area contributed by atoms with E-state index in [9.17, 15) is 14.2 Å². The van der Waals surface area contributed by atoms with Gasteiger partial charge in [0.25, 0.3) is 5.56 Å². The molecule has 0 saturated carbocycles. The molecule has 1 fully saturated rings. The molecular formula is C40H43N2O11P. The summed E-state index contributed by atoms with van der Waals surface area (Å²) >= 11 is 0. The zero-order valence-corrected chi connectivity index (χ0v) is 31.3. The predicted octanol–water partition coefficient (Wildman–Crippen LogP) is 5.94. The highest BCUT2D eigenvalue weighted by Gasteiger charge is 2.49. The molecule has 3 atom stereocenters. The van der Waals surface area contributed by atoms with E-state index in [0.29, 0.717) is 11.5 Å². The van der Waals surface area contributed by atoms with Gasteiger partial charge >= 0.3 is 13.3 Å². The number of hydrogen-bond acceptors (Lipinski definition) is 11. The van der Waals surface area contributed by atoms with Crippen molar-refractivity contribution in [3.63, 3.8) is 0 Å². The molecule has 1 aliphatic rings. The second-order valence-corrected chi connectivity index (χ2v) is 14.6. The van der Waals surface area contributed by atoms with Gasteiger partial charge in [-0.3, -0.25) is 13.9 Å². The highest BCUT2D eigenvalue weighted by molar-refractivity contribution is 7.53. The first-order chi connectivity index (χ1) is 26.2. The molecule has 14 heteroatoms. The second-order valence-electron chi connectivity index (χ2n) is 12.4. The summed E-state index contributed by atoms with van der Waals surface area (Å²) in [5.74, 6) is 1.27. The summed E-state index contributed by atoms with van der Waals surface area (Å²) in [5, 5.41) is 0. The van der Waals surface area contributed by atoms with E-state index in [0.717, 1.165) is 26.8 Å². The van der Waals surface area contributed by atoms with Gasteiger partial charge in [-0.05, 0) is 46.5 Å². The molecular weight excluding hydrogens is 715 g/mol. The number of methoxy groups -OCH3 is 2. The van der Waals surface area contributed by atoms with E-state index < -0.39 is 49.2 Å². The summed E-state index contributed by atoms with van der Waals surface area (Å²) in [5.41, 5.74) is 0.465. The first-order valence-electron chi connectivity index (χ1n) is 17.1. The molecule has 2 heterocycles. The van der Waals surface area contributed by atoms with E-state index >= 15 is 0 Å². The van der Waals surface area contributed by atoms with Gasteiger partial charge < -0.3 is 37.5 Å². The smallest absolute Gasteiger partial charge is 0.355 e. The van der Waals surface area contributed by atoms with Gasteiger partial charge in [0, 0.05) is 26.5 Å². The lowest BCUT2D eigenvalue weighted by molar-refractivity contribution is -0.131. The fourth-order valence-electron chi connectivity index (χ4n) is 6.35. The maximum Gasteiger partial charge on any atom is 0.355 e. The summed E-state index contributed by atoms with van der Waals surface area (Å²) in [7, 11) is 2.07. The monoisotopic (exact) mass is 758 g/mol. The molecule has 6 rings (SSSR count). The lowest BCUT2D eigenvalue weighted by atomic mass is 9.79. The molecule has 0 radical (unpaired) electrons. The van der Waals surface area contributed by atoms with Gasteiger partial charge in [0.05, 0.1) is 27.4 Å². The molecule has 284 valence electrons. The van der Waals surface area contributed by atoms with E-state index in [4.69, 9.17) is 37.5 Å². The van der Waals surface area contributed by atoms with Crippen LogP contribution in [0.1, 0.15) is 28.5 Å². The van der Waals surface area contributed by atoms with Crippen LogP contribution in [0.5, 0.6) is 11.5 Å². The minimum atomic E-state index is -3.65. The van der Waals surface area contributed by atoms with Gasteiger partial charge in [0.2, 0.25) is 0 Å². The van der Waals surface area contributed by atoms with Crippen LogP contribution >= 0.6 is 7.60 Å². The quantitative estimate of drug-likeness (QED) is 0.0825. The van der Waals surface area contributed by atoms with E-state index in [2.05, 4.69) is 0 Å². The summed E-state index contributed by atoms with van der Waals surface area (Å²) in [6.45, 7) is -0.192. The normalized spacial score (nSPS) is 17.4. The average Bonchev–Trinajstić information content (AvgIpc) is 3.62. The third kappa shape index (κ3) is 8.28. The molecule has 0 N–H and O–H groups in total. The van der Waals surface area contributed by atoms with Crippen LogP contribution in [-0.2, 0) is 51.5 Å². The standard InChI is InChI=1S/C40H43N2O11P/c1-46-33-19-15-31(16-20-33)40(30-13-9-6-10-14-30,32-17-21-34(47-2)22-18-32)53-37-35(52-28-54(45,48-3)49-4)26-51-38(37)41-24-23-36(43)42(39(41)44)27-50-25-29-11-7-5-8-12-29/h5-24,35,37-38H,25-28H2,1-4H3/t35-,37+,38+/m0/s1. The van der Waals surface area contributed by atoms with Crippen LogP contribution in [0.25, 0.3) is 0 Å². The number of nitrogens with zero attached hydrogens (tertiary/aromatic N) is 2. The number of rotatable bonds is 17. The third-order valence-electron chi connectivity index (χ3n) is 9.27. The molecule has 13 nitrogen and oxygen atoms in total. The Bertz CT molecular complexity index is 2070. The van der Waals surface area contributed by atoms with Crippen LogP contribution in [0.2, 0.25) is 0 Å². The minimum Gasteiger partial charge on any atom is -0.497 e. The van der Waals surface area contributed by atoms with E-state index in [1.807, 2.05) is 109 Å². The second kappa shape index (κ2) is 17.5. The molecule has 0 aliphatic carbocycles. The van der Waals surface area contributed by atoms with Crippen molar-refractivity contribution in [1.29, 1.82) is 0 Å². The lowest BCUT2D eigenvalue weighted by Gasteiger charge is -2.40. The first-order valence-corrected chi connectivity index (χ1v) is 18.9. The molecule has 4 aromatic carbocycles. The zero-order chi connectivity index (χ0) is 38.1. The summed E-state index contributed by atoms with van der Waals surface area (Å²) in [6.07, 6.45) is -2.17. The van der Waals surface area contributed by atoms with Crippen molar-refractivity contribution in [3.8, 4) is 11.5 Å². The SMILES string of the molecule is COc1ccc(C(O[C@@H]2[C@@H](OCP(=O)(OC)OC)CO[C@H]2n2ccc(=O)n(COCc3ccccc3)c2=O)(c2ccccc2)c2ccc(OC)cc2)cc1. The van der Waals surface area contributed by atoms with Gasteiger partial charge in [0.15, 0.2) is 6.23 Å². The molecule has 0 unspecified atom stereocenters. The number of aromatic nitrogens is 2. The first kappa shape index (κ1) is 38.9. The van der Waals surface area contributed by atoms with Crippen molar-refractivity contribution in [2.24, 2.45) is 0 Å². The molecule has 5 aromatic rings.